The van der Waals surface area contributed by atoms with E-state index >= 15 is 0 Å². The Morgan fingerprint density at radius 2 is 2.00 bits per heavy atom. The number of hydrogen-bond acceptors (Lipinski definition) is 7. The van der Waals surface area contributed by atoms with Crippen molar-refractivity contribution >= 4 is 34.8 Å². The van der Waals surface area contributed by atoms with Gasteiger partial charge in [-0.1, -0.05) is 44.2 Å². The number of anilines is 3. The van der Waals surface area contributed by atoms with Crippen molar-refractivity contribution in [2.45, 2.75) is 38.8 Å². The number of fused-ring (bicyclic) bond motifs is 1. The molecule has 34 heavy (non-hydrogen) atoms. The predicted octanol–water partition coefficient (Wildman–Crippen LogP) is 3.32. The summed E-state index contributed by atoms with van der Waals surface area (Å²) in [6.07, 6.45) is 1.59. The molecule has 2 aliphatic heterocycles. The van der Waals surface area contributed by atoms with Crippen LogP contribution in [-0.2, 0) is 4.79 Å². The van der Waals surface area contributed by atoms with Crippen LogP contribution in [0, 0.1) is 0 Å². The fourth-order valence-corrected chi connectivity index (χ4v) is 4.82. The minimum absolute atomic E-state index is 0.0394. The second-order valence-electron chi connectivity index (χ2n) is 9.47. The van der Waals surface area contributed by atoms with E-state index in [0.29, 0.717) is 43.8 Å². The molecule has 1 aromatic carbocycles. The molecule has 1 saturated heterocycles. The molecule has 3 heterocycles. The lowest BCUT2D eigenvalue weighted by atomic mass is 9.96. The van der Waals surface area contributed by atoms with Gasteiger partial charge in [0, 0.05) is 56.0 Å². The molecule has 0 aliphatic carbocycles. The SMILES string of the molecule is C=C1CN(C)c2c(ncnc2N2CCN(C(=O)[C@H](CNC(C)C)c3ccc(Cl)cc3)[C@@H](C)C2)N1. The molecule has 0 spiro atoms. The van der Waals surface area contributed by atoms with Gasteiger partial charge in [0.1, 0.15) is 12.0 Å². The standard InChI is InChI=1S/C25H34ClN7O/c1-16(2)27-12-21(19-6-8-20(26)9-7-19)25(34)33-11-10-32(14-18(33)4)24-22-23(28-15-29-24)30-17(3)13-31(22)5/h6-9,15-16,18,21,27H,3,10-14H2,1-2,4-5H3,(H,28,29,30)/t18-,21+/m0/s1. The first-order chi connectivity index (χ1) is 16.2. The van der Waals surface area contributed by atoms with Gasteiger partial charge in [0.15, 0.2) is 11.6 Å². The van der Waals surface area contributed by atoms with E-state index in [-0.39, 0.29) is 17.9 Å². The molecule has 0 unspecified atom stereocenters. The van der Waals surface area contributed by atoms with Crippen molar-refractivity contribution in [1.29, 1.82) is 0 Å². The molecule has 2 N–H and O–H groups in total. The third-order valence-corrected chi connectivity index (χ3v) is 6.67. The van der Waals surface area contributed by atoms with Gasteiger partial charge in [-0.3, -0.25) is 4.79 Å². The zero-order valence-corrected chi connectivity index (χ0v) is 21.1. The number of rotatable bonds is 6. The Bertz CT molecular complexity index is 1040. The summed E-state index contributed by atoms with van der Waals surface area (Å²) in [7, 11) is 2.03. The number of piperazine rings is 1. The van der Waals surface area contributed by atoms with Gasteiger partial charge in [-0.25, -0.2) is 9.97 Å². The Hall–Kier alpha value is -2.84. The monoisotopic (exact) mass is 483 g/mol. The van der Waals surface area contributed by atoms with Crippen molar-refractivity contribution in [2.24, 2.45) is 0 Å². The molecular formula is C25H34ClN7O. The highest BCUT2D eigenvalue weighted by molar-refractivity contribution is 6.30. The van der Waals surface area contributed by atoms with E-state index in [2.05, 4.69) is 57.8 Å². The summed E-state index contributed by atoms with van der Waals surface area (Å²) in [6, 6.07) is 7.95. The van der Waals surface area contributed by atoms with Crippen LogP contribution in [0.2, 0.25) is 5.02 Å². The number of nitrogens with one attached hydrogen (secondary N) is 2. The quantitative estimate of drug-likeness (QED) is 0.652. The van der Waals surface area contributed by atoms with Crippen LogP contribution in [0.15, 0.2) is 42.9 Å². The minimum atomic E-state index is -0.262. The Kier molecular flexibility index (Phi) is 7.28. The molecule has 1 aromatic heterocycles. The number of halogens is 1. The fourth-order valence-electron chi connectivity index (χ4n) is 4.69. The molecule has 1 fully saturated rings. The summed E-state index contributed by atoms with van der Waals surface area (Å²) in [5.74, 6) is 1.55. The molecule has 2 aromatic rings. The number of hydrogen-bond donors (Lipinski definition) is 2. The van der Waals surface area contributed by atoms with E-state index in [1.807, 2.05) is 36.2 Å². The van der Waals surface area contributed by atoms with Gasteiger partial charge in [0.2, 0.25) is 5.91 Å². The average Bonchev–Trinajstić information content (AvgIpc) is 2.79. The highest BCUT2D eigenvalue weighted by atomic mass is 35.5. The van der Waals surface area contributed by atoms with Crippen LogP contribution in [0.5, 0.6) is 0 Å². The maximum atomic E-state index is 13.8. The van der Waals surface area contributed by atoms with E-state index in [9.17, 15) is 4.79 Å². The summed E-state index contributed by atoms with van der Waals surface area (Å²) in [4.78, 5) is 29.2. The van der Waals surface area contributed by atoms with Gasteiger partial charge < -0.3 is 25.3 Å². The number of nitrogens with zero attached hydrogens (tertiary/aromatic N) is 5. The van der Waals surface area contributed by atoms with Crippen molar-refractivity contribution in [3.63, 3.8) is 0 Å². The summed E-state index contributed by atoms with van der Waals surface area (Å²) in [5.41, 5.74) is 2.86. The van der Waals surface area contributed by atoms with Gasteiger partial charge in [-0.15, -0.1) is 0 Å². The summed E-state index contributed by atoms with van der Waals surface area (Å²) >= 11 is 6.10. The fraction of sp³-hybridized carbons (Fsp3) is 0.480. The lowest BCUT2D eigenvalue weighted by molar-refractivity contribution is -0.135. The van der Waals surface area contributed by atoms with Gasteiger partial charge in [-0.05, 0) is 24.6 Å². The smallest absolute Gasteiger partial charge is 0.231 e. The molecule has 8 nitrogen and oxygen atoms in total. The van der Waals surface area contributed by atoms with Crippen molar-refractivity contribution in [1.82, 2.24) is 20.2 Å². The number of amides is 1. The maximum Gasteiger partial charge on any atom is 0.231 e. The Labute approximate surface area is 207 Å². The van der Waals surface area contributed by atoms with Crippen molar-refractivity contribution in [3.8, 4) is 0 Å². The Morgan fingerprint density at radius 1 is 1.26 bits per heavy atom. The largest absolute Gasteiger partial charge is 0.363 e. The van der Waals surface area contributed by atoms with E-state index in [1.165, 1.54) is 0 Å². The maximum absolute atomic E-state index is 13.8. The van der Waals surface area contributed by atoms with E-state index in [1.54, 1.807) is 6.33 Å². The molecule has 4 rings (SSSR count). The van der Waals surface area contributed by atoms with Crippen LogP contribution in [0.3, 0.4) is 0 Å². The molecule has 0 radical (unpaired) electrons. The number of benzene rings is 1. The van der Waals surface area contributed by atoms with Crippen LogP contribution in [0.1, 0.15) is 32.3 Å². The van der Waals surface area contributed by atoms with Gasteiger partial charge in [0.05, 0.1) is 12.5 Å². The second kappa shape index (κ2) is 10.2. The second-order valence-corrected chi connectivity index (χ2v) is 9.91. The number of carbonyl (C=O) groups excluding carboxylic acids is 1. The molecule has 2 aliphatic rings. The van der Waals surface area contributed by atoms with Crippen molar-refractivity contribution in [3.05, 3.63) is 53.5 Å². The van der Waals surface area contributed by atoms with Gasteiger partial charge in [-0.2, -0.15) is 0 Å². The normalized spacial score (nSPS) is 19.2. The van der Waals surface area contributed by atoms with Gasteiger partial charge >= 0.3 is 0 Å². The molecular weight excluding hydrogens is 450 g/mol. The first-order valence-corrected chi connectivity index (χ1v) is 12.2. The minimum Gasteiger partial charge on any atom is -0.363 e. The van der Waals surface area contributed by atoms with Crippen LogP contribution in [0.4, 0.5) is 17.3 Å². The Morgan fingerprint density at radius 3 is 2.68 bits per heavy atom. The average molecular weight is 484 g/mol. The highest BCUT2D eigenvalue weighted by Gasteiger charge is 2.35. The van der Waals surface area contributed by atoms with Crippen LogP contribution in [0.25, 0.3) is 0 Å². The van der Waals surface area contributed by atoms with Crippen LogP contribution in [-0.4, -0.2) is 72.6 Å². The van der Waals surface area contributed by atoms with Crippen molar-refractivity contribution in [2.75, 3.05) is 54.9 Å². The molecule has 182 valence electrons. The first-order valence-electron chi connectivity index (χ1n) is 11.8. The third-order valence-electron chi connectivity index (χ3n) is 6.42. The summed E-state index contributed by atoms with van der Waals surface area (Å²) < 4.78 is 0. The topological polar surface area (TPSA) is 76.6 Å². The molecule has 9 heteroatoms. The first kappa shape index (κ1) is 24.3. The molecule has 1 amide bonds. The molecule has 2 atom stereocenters. The summed E-state index contributed by atoms with van der Waals surface area (Å²) in [5, 5.41) is 7.39. The number of carbonyl (C=O) groups is 1. The van der Waals surface area contributed by atoms with Gasteiger partial charge in [0.25, 0.3) is 0 Å². The predicted molar refractivity (Wildman–Crippen MR) is 139 cm³/mol. The zero-order chi connectivity index (χ0) is 24.4. The van der Waals surface area contributed by atoms with E-state index in [4.69, 9.17) is 11.6 Å². The van der Waals surface area contributed by atoms with Crippen molar-refractivity contribution < 1.29 is 4.79 Å². The van der Waals surface area contributed by atoms with Crippen LogP contribution >= 0.6 is 11.6 Å². The summed E-state index contributed by atoms with van der Waals surface area (Å²) in [6.45, 7) is 13.7. The lowest BCUT2D eigenvalue weighted by Gasteiger charge is -2.43. The third kappa shape index (κ3) is 5.13. The molecule has 0 saturated carbocycles. The molecule has 0 bridgehead atoms. The zero-order valence-electron chi connectivity index (χ0n) is 20.4. The number of likely N-dealkylation sites (N-methyl/N-ethyl adjacent to an activating group) is 1. The van der Waals surface area contributed by atoms with E-state index < -0.39 is 0 Å². The van der Waals surface area contributed by atoms with E-state index in [0.717, 1.165) is 28.6 Å². The highest BCUT2D eigenvalue weighted by Crippen LogP contribution is 2.37. The van der Waals surface area contributed by atoms with Crippen LogP contribution < -0.4 is 20.4 Å². The Balaban J connectivity index is 1.52. The lowest BCUT2D eigenvalue weighted by Crippen LogP contribution is -2.56. The number of aromatic nitrogens is 2.